The van der Waals surface area contributed by atoms with E-state index >= 15 is 0 Å². The zero-order valence-electron chi connectivity index (χ0n) is 12.4. The molecule has 0 spiro atoms. The van der Waals surface area contributed by atoms with E-state index in [9.17, 15) is 9.59 Å². The maximum atomic E-state index is 12.4. The summed E-state index contributed by atoms with van der Waals surface area (Å²) in [6.45, 7) is 0. The van der Waals surface area contributed by atoms with Crippen molar-refractivity contribution in [3.8, 4) is 12.1 Å². The second kappa shape index (κ2) is 7.05. The quantitative estimate of drug-likeness (QED) is 0.474. The van der Waals surface area contributed by atoms with E-state index in [1.165, 1.54) is 12.7 Å². The van der Waals surface area contributed by atoms with Crippen LogP contribution in [0.3, 0.4) is 0 Å². The lowest BCUT2D eigenvalue weighted by molar-refractivity contribution is 0.558. The fraction of sp³-hybridized carbons (Fsp3) is 0. The molecule has 25 heavy (non-hydrogen) atoms. The summed E-state index contributed by atoms with van der Waals surface area (Å²) in [5, 5.41) is 18.7. The third kappa shape index (κ3) is 3.04. The summed E-state index contributed by atoms with van der Waals surface area (Å²) >= 11 is 1.82. The lowest BCUT2D eigenvalue weighted by Crippen LogP contribution is -2.13. The Morgan fingerprint density at radius 3 is 1.76 bits per heavy atom. The average molecular weight is 365 g/mol. The molecule has 0 bridgehead atoms. The minimum absolute atomic E-state index is 0.164. The predicted octanol–water partition coefficient (Wildman–Crippen LogP) is 2.83. The van der Waals surface area contributed by atoms with E-state index in [0.717, 1.165) is 22.7 Å². The molecule has 4 rings (SSSR count). The van der Waals surface area contributed by atoms with E-state index in [-0.39, 0.29) is 29.7 Å². The van der Waals surface area contributed by atoms with Gasteiger partial charge in [0, 0.05) is 10.8 Å². The number of nitrogens with zero attached hydrogens (tertiary/aromatic N) is 3. The van der Waals surface area contributed by atoms with Gasteiger partial charge < -0.3 is 4.42 Å². The number of benzene rings is 1. The first-order chi connectivity index (χ1) is 12.2. The highest BCUT2D eigenvalue weighted by atomic mass is 32.1. The third-order valence-electron chi connectivity index (χ3n) is 3.20. The molecule has 1 aliphatic carbocycles. The molecule has 0 saturated carbocycles. The van der Waals surface area contributed by atoms with Gasteiger partial charge in [-0.3, -0.25) is 9.59 Å². The largest absolute Gasteiger partial charge is 0.452 e. The van der Waals surface area contributed by atoms with Gasteiger partial charge in [0.15, 0.2) is 6.39 Å². The Morgan fingerprint density at radius 2 is 1.44 bits per heavy atom. The number of nitriles is 2. The summed E-state index contributed by atoms with van der Waals surface area (Å²) in [6, 6.07) is 10.4. The molecule has 2 aromatic rings. The van der Waals surface area contributed by atoms with Gasteiger partial charge in [0.2, 0.25) is 10.9 Å². The van der Waals surface area contributed by atoms with Gasteiger partial charge in [-0.15, -0.1) is 22.7 Å². The summed E-state index contributed by atoms with van der Waals surface area (Å²) in [6.07, 6.45) is 4.47. The van der Waals surface area contributed by atoms with E-state index in [0.29, 0.717) is 10.8 Å². The highest BCUT2D eigenvalue weighted by Gasteiger charge is 2.12. The number of fused-ring (bicyclic) bond motifs is 1. The Balaban J connectivity index is 0.000000314. The van der Waals surface area contributed by atoms with Gasteiger partial charge in [0.05, 0.1) is 15.3 Å². The van der Waals surface area contributed by atoms with Gasteiger partial charge in [-0.25, -0.2) is 4.98 Å². The highest BCUT2D eigenvalue weighted by Crippen LogP contribution is 2.20. The van der Waals surface area contributed by atoms with Crippen molar-refractivity contribution in [3.05, 3.63) is 82.4 Å². The second-order valence-corrected chi connectivity index (χ2v) is 6.67. The first-order valence-corrected chi connectivity index (χ1v) is 8.45. The smallest absolute Gasteiger partial charge is 0.205 e. The van der Waals surface area contributed by atoms with Crippen LogP contribution in [-0.4, -0.2) is 4.98 Å². The number of aromatic nitrogens is 1. The maximum absolute atomic E-state index is 12.4. The van der Waals surface area contributed by atoms with Crippen LogP contribution in [0.5, 0.6) is 0 Å². The van der Waals surface area contributed by atoms with E-state index in [1.54, 1.807) is 30.5 Å². The van der Waals surface area contributed by atoms with Gasteiger partial charge in [0.25, 0.3) is 0 Å². The van der Waals surface area contributed by atoms with Crippen LogP contribution in [0, 0.1) is 31.7 Å². The first kappa shape index (κ1) is 16.5. The molecular weight excluding hydrogens is 358 g/mol. The molecule has 0 atom stereocenters. The molecule has 0 N–H and O–H groups in total. The predicted molar refractivity (Wildman–Crippen MR) is 93.5 cm³/mol. The van der Waals surface area contributed by atoms with Crippen LogP contribution in [0.1, 0.15) is 9.75 Å². The number of rotatable bonds is 0. The van der Waals surface area contributed by atoms with Crippen molar-refractivity contribution in [1.29, 1.82) is 10.5 Å². The lowest BCUT2D eigenvalue weighted by Gasteiger charge is -1.98. The molecule has 6 nitrogen and oxygen atoms in total. The Labute approximate surface area is 148 Å². The second-order valence-electron chi connectivity index (χ2n) is 4.62. The molecule has 2 heterocycles. The lowest BCUT2D eigenvalue weighted by atomic mass is 10.1. The summed E-state index contributed by atoms with van der Waals surface area (Å²) in [5.41, 5.74) is -0.533. The van der Waals surface area contributed by atoms with Crippen molar-refractivity contribution in [2.75, 3.05) is 0 Å². The van der Waals surface area contributed by atoms with Crippen LogP contribution < -0.4 is 10.9 Å². The van der Waals surface area contributed by atoms with E-state index in [4.69, 9.17) is 10.5 Å². The Hall–Kier alpha value is -3.33. The van der Waals surface area contributed by atoms with E-state index in [2.05, 4.69) is 9.40 Å². The molecule has 0 saturated heterocycles. The fourth-order valence-corrected chi connectivity index (χ4v) is 4.19. The number of oxazole rings is 1. The van der Waals surface area contributed by atoms with Crippen molar-refractivity contribution in [2.24, 2.45) is 0 Å². The maximum Gasteiger partial charge on any atom is 0.205 e. The van der Waals surface area contributed by atoms with Crippen molar-refractivity contribution >= 4 is 33.4 Å². The van der Waals surface area contributed by atoms with E-state index < -0.39 is 0 Å². The minimum atomic E-state index is -0.266. The van der Waals surface area contributed by atoms with Gasteiger partial charge in [-0.2, -0.15) is 10.5 Å². The van der Waals surface area contributed by atoms with Crippen LogP contribution in [0.4, 0.5) is 0 Å². The zero-order chi connectivity index (χ0) is 17.8. The normalized spacial score (nSPS) is 9.84. The van der Waals surface area contributed by atoms with Crippen LogP contribution in [0.25, 0.3) is 10.8 Å². The number of hydrogen-bond donors (Lipinski definition) is 0. The Kier molecular flexibility index (Phi) is 4.66. The molecule has 2 aliphatic rings. The van der Waals surface area contributed by atoms with Crippen molar-refractivity contribution in [3.63, 3.8) is 0 Å². The van der Waals surface area contributed by atoms with Crippen molar-refractivity contribution in [2.45, 2.75) is 0 Å². The summed E-state index contributed by atoms with van der Waals surface area (Å²) in [7, 11) is 0. The van der Waals surface area contributed by atoms with Crippen molar-refractivity contribution < 1.29 is 4.42 Å². The molecule has 120 valence electrons. The molecule has 1 aromatic heterocycles. The molecule has 0 fully saturated rings. The van der Waals surface area contributed by atoms with Gasteiger partial charge in [-0.1, -0.05) is 24.3 Å². The first-order valence-electron chi connectivity index (χ1n) is 6.82. The minimum Gasteiger partial charge on any atom is -0.452 e. The van der Waals surface area contributed by atoms with Gasteiger partial charge >= 0.3 is 0 Å². The third-order valence-corrected chi connectivity index (χ3v) is 5.64. The average Bonchev–Trinajstić information content (AvgIpc) is 3.25. The molecule has 0 amide bonds. The Bertz CT molecular complexity index is 1200. The van der Waals surface area contributed by atoms with Crippen molar-refractivity contribution in [1.82, 2.24) is 4.98 Å². The molecule has 8 heteroatoms. The summed E-state index contributed by atoms with van der Waals surface area (Å²) < 4.78 is 4.96. The molecule has 1 aromatic carbocycles. The van der Waals surface area contributed by atoms with Crippen LogP contribution in [0.2, 0.25) is 0 Å². The van der Waals surface area contributed by atoms with Crippen LogP contribution in [0.15, 0.2) is 57.1 Å². The Morgan fingerprint density at radius 1 is 0.920 bits per heavy atom. The summed E-state index contributed by atoms with van der Waals surface area (Å²) in [4.78, 5) is 28.7. The monoisotopic (exact) mass is 365 g/mol. The van der Waals surface area contributed by atoms with Crippen LogP contribution in [-0.2, 0) is 0 Å². The highest BCUT2D eigenvalue weighted by molar-refractivity contribution is 7.18. The van der Waals surface area contributed by atoms with Gasteiger partial charge in [0.1, 0.15) is 28.2 Å². The molecule has 1 aliphatic heterocycles. The standard InChI is InChI=1S/C14H4N2O2S2.C3H3NO/c15-5-9-10(6-16)20-14-12(18)8-4-2-1-3-7(8)11(17)13(14)19-9;1-2-5-3-4-1/h1-4H;1-3H. The topological polar surface area (TPSA) is 108 Å². The van der Waals surface area contributed by atoms with Gasteiger partial charge in [-0.05, 0) is 0 Å². The SMILES string of the molecule is N#Cc1sc2c(=O)c3ccccc3c(=O)c=2sc1C#N.c1cocn1. The molecular formula is C17H7N3O3S2. The molecule has 0 unspecified atom stereocenters. The van der Waals surface area contributed by atoms with Crippen LogP contribution >= 0.6 is 22.7 Å². The number of hydrogen-bond acceptors (Lipinski definition) is 8. The van der Waals surface area contributed by atoms with E-state index in [1.807, 2.05) is 12.1 Å². The summed E-state index contributed by atoms with van der Waals surface area (Å²) in [5.74, 6) is 0. The molecule has 0 radical (unpaired) electrons. The fourth-order valence-electron chi connectivity index (χ4n) is 2.14. The zero-order valence-corrected chi connectivity index (χ0v) is 14.1.